The van der Waals surface area contributed by atoms with Crippen LogP contribution in [0.5, 0.6) is 0 Å². The van der Waals surface area contributed by atoms with Gasteiger partial charge in [0.2, 0.25) is 0 Å². The molecule has 3 nitrogen and oxygen atoms in total. The van der Waals surface area contributed by atoms with Gasteiger partial charge in [-0.05, 0) is 63.4 Å². The van der Waals surface area contributed by atoms with Crippen LogP contribution in [-0.2, 0) is 9.84 Å². The predicted molar refractivity (Wildman–Crippen MR) is 96.7 cm³/mol. The van der Waals surface area contributed by atoms with Gasteiger partial charge in [0.25, 0.3) is 0 Å². The molecular weight excluding hydrogens is 363 g/mol. The summed E-state index contributed by atoms with van der Waals surface area (Å²) in [6, 6.07) is 8.39. The molecule has 0 N–H and O–H groups in total. The van der Waals surface area contributed by atoms with Crippen LogP contribution in [0.15, 0.2) is 35.2 Å². The van der Waals surface area contributed by atoms with Crippen LogP contribution >= 0.6 is 0 Å². The Hall–Kier alpha value is -1.08. The SMILES string of the molecule is CC(C(C)(C)CCN1CCC(C(F)(F)F)CC1)S(=O)(=O)c1ccccc1. The van der Waals surface area contributed by atoms with Crippen molar-refractivity contribution in [2.24, 2.45) is 11.3 Å². The first-order valence-electron chi connectivity index (χ1n) is 9.02. The summed E-state index contributed by atoms with van der Waals surface area (Å²) in [6.07, 6.45) is -3.23. The van der Waals surface area contributed by atoms with Gasteiger partial charge in [0.1, 0.15) is 0 Å². The minimum Gasteiger partial charge on any atom is -0.303 e. The second-order valence-corrected chi connectivity index (χ2v) is 10.2. The molecule has 7 heteroatoms. The van der Waals surface area contributed by atoms with E-state index in [1.165, 1.54) is 0 Å². The summed E-state index contributed by atoms with van der Waals surface area (Å²) in [4.78, 5) is 2.33. The van der Waals surface area contributed by atoms with E-state index in [1.54, 1.807) is 37.3 Å². The van der Waals surface area contributed by atoms with E-state index in [1.807, 2.05) is 18.7 Å². The van der Waals surface area contributed by atoms with Gasteiger partial charge in [0.05, 0.1) is 16.1 Å². The first-order chi connectivity index (χ1) is 11.9. The normalized spacial score (nSPS) is 19.5. The third-order valence-electron chi connectivity index (χ3n) is 5.76. The molecule has 0 aromatic heterocycles. The van der Waals surface area contributed by atoms with E-state index < -0.39 is 32.6 Å². The summed E-state index contributed by atoms with van der Waals surface area (Å²) in [5, 5.41) is -0.579. The van der Waals surface area contributed by atoms with Gasteiger partial charge in [-0.25, -0.2) is 8.42 Å². The van der Waals surface area contributed by atoms with E-state index >= 15 is 0 Å². The van der Waals surface area contributed by atoms with Gasteiger partial charge in [0.15, 0.2) is 9.84 Å². The van der Waals surface area contributed by atoms with Crippen molar-refractivity contribution in [1.29, 1.82) is 0 Å². The molecule has 0 radical (unpaired) electrons. The largest absolute Gasteiger partial charge is 0.391 e. The molecule has 1 atom stereocenters. The Bertz CT molecular complexity index is 678. The summed E-state index contributed by atoms with van der Waals surface area (Å²) in [6.45, 7) is 7.01. The molecule has 1 aromatic carbocycles. The van der Waals surface area contributed by atoms with Crippen LogP contribution in [0, 0.1) is 11.3 Å². The summed E-state index contributed by atoms with van der Waals surface area (Å²) < 4.78 is 64.0. The average molecular weight is 391 g/mol. The van der Waals surface area contributed by atoms with E-state index in [4.69, 9.17) is 0 Å². The molecule has 1 aliphatic rings. The molecule has 1 aromatic rings. The molecule has 0 saturated carbocycles. The van der Waals surface area contributed by atoms with Crippen molar-refractivity contribution in [3.05, 3.63) is 30.3 Å². The van der Waals surface area contributed by atoms with Crippen LogP contribution in [0.1, 0.15) is 40.0 Å². The number of halogens is 3. The van der Waals surface area contributed by atoms with Crippen molar-refractivity contribution < 1.29 is 21.6 Å². The molecule has 1 fully saturated rings. The van der Waals surface area contributed by atoms with Gasteiger partial charge in [0, 0.05) is 0 Å². The zero-order valence-electron chi connectivity index (χ0n) is 15.6. The maximum absolute atomic E-state index is 12.8. The zero-order valence-corrected chi connectivity index (χ0v) is 16.4. The highest BCUT2D eigenvalue weighted by Crippen LogP contribution is 2.36. The number of hydrogen-bond acceptors (Lipinski definition) is 3. The summed E-state index contributed by atoms with van der Waals surface area (Å²) in [5.41, 5.74) is -0.477. The third-order valence-corrected chi connectivity index (χ3v) is 8.26. The summed E-state index contributed by atoms with van der Waals surface area (Å²) in [7, 11) is -3.45. The van der Waals surface area contributed by atoms with Crippen LogP contribution in [0.3, 0.4) is 0 Å². The fourth-order valence-electron chi connectivity index (χ4n) is 3.37. The number of rotatable bonds is 6. The lowest BCUT2D eigenvalue weighted by atomic mass is 9.85. The van der Waals surface area contributed by atoms with Crippen LogP contribution in [0.2, 0.25) is 0 Å². The topological polar surface area (TPSA) is 37.4 Å². The molecule has 1 unspecified atom stereocenters. The van der Waals surface area contributed by atoms with Crippen LogP contribution in [0.25, 0.3) is 0 Å². The van der Waals surface area contributed by atoms with E-state index in [0.717, 1.165) is 0 Å². The van der Waals surface area contributed by atoms with E-state index in [9.17, 15) is 21.6 Å². The predicted octanol–water partition coefficient (Wildman–Crippen LogP) is 4.54. The van der Waals surface area contributed by atoms with Crippen molar-refractivity contribution in [3.8, 4) is 0 Å². The highest BCUT2D eigenvalue weighted by atomic mass is 32.2. The Morgan fingerprint density at radius 2 is 1.65 bits per heavy atom. The second-order valence-electron chi connectivity index (χ2n) is 7.90. The molecule has 0 bridgehead atoms. The van der Waals surface area contributed by atoms with Gasteiger partial charge in [-0.3, -0.25) is 0 Å². The standard InChI is InChI=1S/C19H28F3NO2S/c1-15(26(24,25)17-7-5-4-6-8-17)18(2,3)11-14-23-12-9-16(10-13-23)19(20,21)22/h4-8,15-16H,9-14H2,1-3H3. The fourth-order valence-corrected chi connectivity index (χ4v) is 5.27. The molecule has 0 amide bonds. The molecule has 1 aliphatic heterocycles. The van der Waals surface area contributed by atoms with E-state index in [0.29, 0.717) is 31.0 Å². The maximum atomic E-state index is 12.8. The second kappa shape index (κ2) is 7.89. The maximum Gasteiger partial charge on any atom is 0.391 e. The smallest absolute Gasteiger partial charge is 0.303 e. The molecule has 2 rings (SSSR count). The monoisotopic (exact) mass is 391 g/mol. The number of hydrogen-bond donors (Lipinski definition) is 0. The van der Waals surface area contributed by atoms with Crippen molar-refractivity contribution >= 4 is 9.84 Å². The Balaban J connectivity index is 1.95. The minimum absolute atomic E-state index is 0.127. The molecule has 148 valence electrons. The van der Waals surface area contributed by atoms with Crippen molar-refractivity contribution in [3.63, 3.8) is 0 Å². The lowest BCUT2D eigenvalue weighted by Crippen LogP contribution is -2.42. The Labute approximate surface area is 154 Å². The minimum atomic E-state index is -4.11. The fraction of sp³-hybridized carbons (Fsp3) is 0.684. The number of likely N-dealkylation sites (tertiary alicyclic amines) is 1. The highest BCUT2D eigenvalue weighted by molar-refractivity contribution is 7.92. The van der Waals surface area contributed by atoms with Gasteiger partial charge in [-0.15, -0.1) is 0 Å². The van der Waals surface area contributed by atoms with Gasteiger partial charge >= 0.3 is 6.18 Å². The lowest BCUT2D eigenvalue weighted by molar-refractivity contribution is -0.185. The molecule has 1 heterocycles. The number of alkyl halides is 3. The lowest BCUT2D eigenvalue weighted by Gasteiger charge is -2.37. The number of piperidine rings is 1. The van der Waals surface area contributed by atoms with Crippen LogP contribution in [-0.4, -0.2) is 44.4 Å². The van der Waals surface area contributed by atoms with Gasteiger partial charge in [-0.1, -0.05) is 32.0 Å². The number of nitrogens with zero attached hydrogens (tertiary/aromatic N) is 1. The Kier molecular flexibility index (Phi) is 6.44. The Morgan fingerprint density at radius 1 is 1.12 bits per heavy atom. The molecule has 1 saturated heterocycles. The molecule has 0 spiro atoms. The third kappa shape index (κ3) is 5.00. The zero-order chi connectivity index (χ0) is 19.6. The molecule has 0 aliphatic carbocycles. The Morgan fingerprint density at radius 3 is 2.15 bits per heavy atom. The van der Waals surface area contributed by atoms with Crippen molar-refractivity contribution in [2.75, 3.05) is 19.6 Å². The first kappa shape index (κ1) is 21.2. The van der Waals surface area contributed by atoms with Crippen LogP contribution in [0.4, 0.5) is 13.2 Å². The molecule has 26 heavy (non-hydrogen) atoms. The van der Waals surface area contributed by atoms with Gasteiger partial charge in [-0.2, -0.15) is 13.2 Å². The summed E-state index contributed by atoms with van der Waals surface area (Å²) >= 11 is 0. The quantitative estimate of drug-likeness (QED) is 0.714. The average Bonchev–Trinajstić information content (AvgIpc) is 2.59. The van der Waals surface area contributed by atoms with Crippen molar-refractivity contribution in [1.82, 2.24) is 4.90 Å². The first-order valence-corrected chi connectivity index (χ1v) is 10.6. The highest BCUT2D eigenvalue weighted by Gasteiger charge is 2.41. The number of benzene rings is 1. The van der Waals surface area contributed by atoms with Crippen LogP contribution < -0.4 is 0 Å². The molecular formula is C19H28F3NO2S. The summed E-state index contributed by atoms with van der Waals surface area (Å²) in [5.74, 6) is -1.20. The van der Waals surface area contributed by atoms with Gasteiger partial charge < -0.3 is 4.90 Å². The van der Waals surface area contributed by atoms with E-state index in [-0.39, 0.29) is 12.8 Å². The number of sulfone groups is 1. The van der Waals surface area contributed by atoms with Crippen molar-refractivity contribution in [2.45, 2.75) is 56.4 Å². The van der Waals surface area contributed by atoms with E-state index in [2.05, 4.69) is 0 Å².